The van der Waals surface area contributed by atoms with E-state index in [1.54, 1.807) is 24.1 Å². The molecule has 0 saturated carbocycles. The Bertz CT molecular complexity index is 622. The van der Waals surface area contributed by atoms with Crippen LogP contribution < -0.4 is 4.90 Å². The first-order valence-corrected chi connectivity index (χ1v) is 6.10. The number of Topliss-reactive ketones (excluding diaryl/α,β-unsaturated/α-hetero) is 1. The summed E-state index contributed by atoms with van der Waals surface area (Å²) in [5.74, 6) is -0.527. The van der Waals surface area contributed by atoms with Crippen molar-refractivity contribution in [1.29, 1.82) is 0 Å². The minimum atomic E-state index is -0.392. The summed E-state index contributed by atoms with van der Waals surface area (Å²) in [6.45, 7) is 3.42. The number of halogens is 1. The van der Waals surface area contributed by atoms with Gasteiger partial charge >= 0.3 is 0 Å². The quantitative estimate of drug-likeness (QED) is 0.771. The fraction of sp³-hybridized carbons (Fsp3) is 0.188. The molecule has 0 aliphatic heterocycles. The van der Waals surface area contributed by atoms with Gasteiger partial charge in [-0.2, -0.15) is 0 Å². The van der Waals surface area contributed by atoms with E-state index in [0.717, 1.165) is 11.3 Å². The van der Waals surface area contributed by atoms with Crippen molar-refractivity contribution in [1.82, 2.24) is 0 Å². The van der Waals surface area contributed by atoms with E-state index in [0.29, 0.717) is 11.3 Å². The van der Waals surface area contributed by atoms with Gasteiger partial charge in [-0.25, -0.2) is 4.39 Å². The molecule has 0 saturated heterocycles. The molecule has 2 rings (SSSR count). The molecular weight excluding hydrogens is 241 g/mol. The lowest BCUT2D eigenvalue weighted by Gasteiger charge is -2.20. The summed E-state index contributed by atoms with van der Waals surface area (Å²) < 4.78 is 14.1. The number of nitrogens with zero attached hydrogens (tertiary/aromatic N) is 1. The molecule has 0 atom stereocenters. The lowest BCUT2D eigenvalue weighted by molar-refractivity contribution is 0.101. The zero-order valence-electron chi connectivity index (χ0n) is 11.3. The van der Waals surface area contributed by atoms with Gasteiger partial charge < -0.3 is 4.90 Å². The van der Waals surface area contributed by atoms with E-state index in [1.807, 2.05) is 31.2 Å². The molecule has 2 nitrogen and oxygen atoms in total. The molecule has 3 heteroatoms. The molecule has 0 spiro atoms. The van der Waals surface area contributed by atoms with Crippen molar-refractivity contribution in [3.63, 3.8) is 0 Å². The summed E-state index contributed by atoms with van der Waals surface area (Å²) in [5.41, 5.74) is 2.87. The second-order valence-corrected chi connectivity index (χ2v) is 4.62. The third-order valence-corrected chi connectivity index (χ3v) is 3.10. The SMILES string of the molecule is CC(=O)c1ccc(N(C)c2cccc(C)c2)c(F)c1. The number of ketones is 1. The lowest BCUT2D eigenvalue weighted by atomic mass is 10.1. The van der Waals surface area contributed by atoms with E-state index in [4.69, 9.17) is 0 Å². The van der Waals surface area contributed by atoms with Gasteiger partial charge in [0.2, 0.25) is 0 Å². The summed E-state index contributed by atoms with van der Waals surface area (Å²) in [6, 6.07) is 12.4. The van der Waals surface area contributed by atoms with Gasteiger partial charge in [-0.05, 0) is 49.7 Å². The van der Waals surface area contributed by atoms with Crippen LogP contribution in [0.1, 0.15) is 22.8 Å². The molecule has 2 aromatic carbocycles. The van der Waals surface area contributed by atoms with Crippen molar-refractivity contribution in [2.75, 3.05) is 11.9 Å². The number of aryl methyl sites for hydroxylation is 1. The maximum absolute atomic E-state index is 14.1. The van der Waals surface area contributed by atoms with Crippen LogP contribution in [0.4, 0.5) is 15.8 Å². The van der Waals surface area contributed by atoms with E-state index >= 15 is 0 Å². The summed E-state index contributed by atoms with van der Waals surface area (Å²) in [6.07, 6.45) is 0. The van der Waals surface area contributed by atoms with Crippen LogP contribution in [0.2, 0.25) is 0 Å². The minimum absolute atomic E-state index is 0.136. The zero-order chi connectivity index (χ0) is 14.0. The first kappa shape index (κ1) is 13.3. The summed E-state index contributed by atoms with van der Waals surface area (Å²) in [7, 11) is 1.81. The third kappa shape index (κ3) is 2.81. The largest absolute Gasteiger partial charge is 0.342 e. The summed E-state index contributed by atoms with van der Waals surface area (Å²) in [4.78, 5) is 13.0. The van der Waals surface area contributed by atoms with Gasteiger partial charge in [-0.15, -0.1) is 0 Å². The Kier molecular flexibility index (Phi) is 3.65. The fourth-order valence-corrected chi connectivity index (χ4v) is 1.97. The number of benzene rings is 2. The molecule has 0 aromatic heterocycles. The van der Waals surface area contributed by atoms with Crippen molar-refractivity contribution in [3.05, 3.63) is 59.4 Å². The zero-order valence-corrected chi connectivity index (χ0v) is 11.3. The molecule has 0 aliphatic rings. The van der Waals surface area contributed by atoms with Crippen molar-refractivity contribution in [2.24, 2.45) is 0 Å². The van der Waals surface area contributed by atoms with Crippen LogP contribution in [-0.4, -0.2) is 12.8 Å². The van der Waals surface area contributed by atoms with Gasteiger partial charge in [0.25, 0.3) is 0 Å². The Morgan fingerprint density at radius 2 is 1.89 bits per heavy atom. The van der Waals surface area contributed by atoms with Crippen molar-refractivity contribution in [2.45, 2.75) is 13.8 Å². The molecule has 98 valence electrons. The number of carbonyl (C=O) groups excluding carboxylic acids is 1. The number of anilines is 2. The molecule has 2 aromatic rings. The molecule has 0 unspecified atom stereocenters. The molecule has 0 heterocycles. The Morgan fingerprint density at radius 3 is 2.47 bits per heavy atom. The smallest absolute Gasteiger partial charge is 0.159 e. The maximum Gasteiger partial charge on any atom is 0.159 e. The van der Waals surface area contributed by atoms with E-state index in [2.05, 4.69) is 0 Å². The monoisotopic (exact) mass is 257 g/mol. The van der Waals surface area contributed by atoms with E-state index in [-0.39, 0.29) is 5.78 Å². The van der Waals surface area contributed by atoms with Gasteiger partial charge in [0.1, 0.15) is 5.82 Å². The van der Waals surface area contributed by atoms with Crippen molar-refractivity contribution < 1.29 is 9.18 Å². The Labute approximate surface area is 112 Å². The number of carbonyl (C=O) groups is 1. The second-order valence-electron chi connectivity index (χ2n) is 4.62. The summed E-state index contributed by atoms with van der Waals surface area (Å²) in [5, 5.41) is 0. The Balaban J connectivity index is 2.39. The summed E-state index contributed by atoms with van der Waals surface area (Å²) >= 11 is 0. The van der Waals surface area contributed by atoms with Crippen LogP contribution in [0.25, 0.3) is 0 Å². The molecule has 0 amide bonds. The number of hydrogen-bond donors (Lipinski definition) is 0. The number of hydrogen-bond acceptors (Lipinski definition) is 2. The van der Waals surface area contributed by atoms with Crippen molar-refractivity contribution in [3.8, 4) is 0 Å². The van der Waals surface area contributed by atoms with Gasteiger partial charge in [-0.1, -0.05) is 12.1 Å². The van der Waals surface area contributed by atoms with Gasteiger partial charge in [0.15, 0.2) is 5.78 Å². The average molecular weight is 257 g/mol. The Hall–Kier alpha value is -2.16. The average Bonchev–Trinajstić information content (AvgIpc) is 2.37. The highest BCUT2D eigenvalue weighted by Gasteiger charge is 2.11. The van der Waals surface area contributed by atoms with E-state index < -0.39 is 5.82 Å². The van der Waals surface area contributed by atoms with Gasteiger partial charge in [0, 0.05) is 18.3 Å². The highest BCUT2D eigenvalue weighted by molar-refractivity contribution is 5.94. The fourth-order valence-electron chi connectivity index (χ4n) is 1.97. The topological polar surface area (TPSA) is 20.3 Å². The normalized spacial score (nSPS) is 10.3. The molecule has 0 aliphatic carbocycles. The first-order valence-electron chi connectivity index (χ1n) is 6.10. The van der Waals surface area contributed by atoms with Gasteiger partial charge in [-0.3, -0.25) is 4.79 Å². The highest BCUT2D eigenvalue weighted by Crippen LogP contribution is 2.27. The van der Waals surface area contributed by atoms with Crippen LogP contribution in [0.3, 0.4) is 0 Å². The van der Waals surface area contributed by atoms with Crippen LogP contribution in [-0.2, 0) is 0 Å². The molecular formula is C16H16FNO. The third-order valence-electron chi connectivity index (χ3n) is 3.10. The number of rotatable bonds is 3. The molecule has 0 fully saturated rings. The molecule has 0 radical (unpaired) electrons. The van der Waals surface area contributed by atoms with Gasteiger partial charge in [0.05, 0.1) is 5.69 Å². The molecule has 0 N–H and O–H groups in total. The van der Waals surface area contributed by atoms with Crippen molar-refractivity contribution >= 4 is 17.2 Å². The van der Waals surface area contributed by atoms with Crippen LogP contribution in [0, 0.1) is 12.7 Å². The first-order chi connectivity index (χ1) is 8.99. The van der Waals surface area contributed by atoms with Crippen LogP contribution in [0.15, 0.2) is 42.5 Å². The standard InChI is InChI=1S/C16H16FNO/c1-11-5-4-6-14(9-11)18(3)16-8-7-13(12(2)19)10-15(16)17/h4-10H,1-3H3. The molecule has 19 heavy (non-hydrogen) atoms. The molecule has 0 bridgehead atoms. The highest BCUT2D eigenvalue weighted by atomic mass is 19.1. The minimum Gasteiger partial charge on any atom is -0.342 e. The lowest BCUT2D eigenvalue weighted by Crippen LogP contribution is -2.11. The maximum atomic E-state index is 14.1. The van der Waals surface area contributed by atoms with E-state index in [1.165, 1.54) is 13.0 Å². The second kappa shape index (κ2) is 5.22. The van der Waals surface area contributed by atoms with E-state index in [9.17, 15) is 9.18 Å². The van der Waals surface area contributed by atoms with Crippen LogP contribution >= 0.6 is 0 Å². The van der Waals surface area contributed by atoms with Crippen LogP contribution in [0.5, 0.6) is 0 Å². The Morgan fingerprint density at radius 1 is 1.16 bits per heavy atom. The predicted octanol–water partition coefficient (Wildman–Crippen LogP) is 4.10. The predicted molar refractivity (Wildman–Crippen MR) is 75.6 cm³/mol.